The first-order valence-electron chi connectivity index (χ1n) is 4.83. The van der Waals surface area contributed by atoms with Crippen LogP contribution in [0.25, 0.3) is 0 Å². The first-order chi connectivity index (χ1) is 5.27. The number of hydrogen-bond acceptors (Lipinski definition) is 0. The highest BCUT2D eigenvalue weighted by atomic mass is 79.9. The van der Waals surface area contributed by atoms with Gasteiger partial charge in [0.25, 0.3) is 0 Å². The fourth-order valence-electron chi connectivity index (χ4n) is 1.48. The molecular weight excluding hydrogens is 212 g/mol. The molecule has 0 aromatic rings. The lowest BCUT2D eigenvalue weighted by Crippen LogP contribution is -2.21. The van der Waals surface area contributed by atoms with Crippen LogP contribution in [-0.2, 0) is 0 Å². The number of alkyl halides is 1. The quantitative estimate of drug-likeness (QED) is 0.601. The van der Waals surface area contributed by atoms with Gasteiger partial charge in [0, 0.05) is 5.33 Å². The zero-order chi connectivity index (χ0) is 10.4. The van der Waals surface area contributed by atoms with E-state index in [1.165, 1.54) is 6.42 Å². The molecule has 0 aromatic carbocycles. The molecule has 0 aliphatic carbocycles. The molecule has 0 aromatic heterocycles. The van der Waals surface area contributed by atoms with Gasteiger partial charge in [-0.25, -0.2) is 0 Å². The van der Waals surface area contributed by atoms with E-state index in [4.69, 9.17) is 0 Å². The van der Waals surface area contributed by atoms with E-state index >= 15 is 0 Å². The third-order valence-corrected chi connectivity index (χ3v) is 2.89. The Hall–Kier alpha value is 0.480. The highest BCUT2D eigenvalue weighted by Gasteiger charge is 2.23. The van der Waals surface area contributed by atoms with Crippen LogP contribution in [0.4, 0.5) is 0 Å². The van der Waals surface area contributed by atoms with Crippen molar-refractivity contribution in [2.45, 2.75) is 54.9 Å². The van der Waals surface area contributed by atoms with E-state index in [0.29, 0.717) is 10.8 Å². The van der Waals surface area contributed by atoms with Gasteiger partial charge in [-0.1, -0.05) is 64.4 Å². The smallest absolute Gasteiger partial charge is 0.00828 e. The van der Waals surface area contributed by atoms with Crippen LogP contribution >= 0.6 is 15.9 Å². The monoisotopic (exact) mass is 236 g/mol. The summed E-state index contributed by atoms with van der Waals surface area (Å²) in [7, 11) is 0. The van der Waals surface area contributed by atoms with Crippen LogP contribution < -0.4 is 0 Å². The topological polar surface area (TPSA) is 0 Å². The second-order valence-corrected chi connectivity index (χ2v) is 5.60. The zero-order valence-corrected chi connectivity index (χ0v) is 11.4. The molecular formula is C11H25Br. The summed E-state index contributed by atoms with van der Waals surface area (Å²) in [5.74, 6) is 0. The highest BCUT2D eigenvalue weighted by Crippen LogP contribution is 2.34. The van der Waals surface area contributed by atoms with Crippen molar-refractivity contribution in [1.82, 2.24) is 0 Å². The van der Waals surface area contributed by atoms with Crippen molar-refractivity contribution in [1.29, 1.82) is 0 Å². The molecule has 0 fully saturated rings. The van der Waals surface area contributed by atoms with E-state index in [-0.39, 0.29) is 0 Å². The maximum Gasteiger partial charge on any atom is 0.00828 e. The molecule has 0 N–H and O–H groups in total. The number of halogens is 1. The summed E-state index contributed by atoms with van der Waals surface area (Å²) in [6.07, 6.45) is 1.27. The minimum absolute atomic E-state index is 0.443. The van der Waals surface area contributed by atoms with Gasteiger partial charge in [-0.2, -0.15) is 0 Å². The van der Waals surface area contributed by atoms with E-state index in [2.05, 4.69) is 50.5 Å². The maximum atomic E-state index is 3.52. The lowest BCUT2D eigenvalue weighted by Gasteiger charge is -2.30. The summed E-state index contributed by atoms with van der Waals surface area (Å²) in [6, 6.07) is 0. The number of hydrogen-bond donors (Lipinski definition) is 0. The first kappa shape index (κ1) is 15.0. The average molecular weight is 237 g/mol. The van der Waals surface area contributed by atoms with Gasteiger partial charge < -0.3 is 0 Å². The van der Waals surface area contributed by atoms with Gasteiger partial charge in [0.1, 0.15) is 0 Å². The summed E-state index contributed by atoms with van der Waals surface area (Å²) in [6.45, 7) is 15.5. The first-order valence-corrected chi connectivity index (χ1v) is 5.95. The molecule has 0 aliphatic rings. The van der Waals surface area contributed by atoms with Gasteiger partial charge in [0.2, 0.25) is 0 Å². The lowest BCUT2D eigenvalue weighted by molar-refractivity contribution is 0.240. The minimum atomic E-state index is 0.443. The molecule has 0 saturated heterocycles. The van der Waals surface area contributed by atoms with Crippen LogP contribution in [-0.4, -0.2) is 5.33 Å². The van der Waals surface area contributed by atoms with Gasteiger partial charge in [0.15, 0.2) is 0 Å². The highest BCUT2D eigenvalue weighted by molar-refractivity contribution is 9.09. The lowest BCUT2D eigenvalue weighted by atomic mass is 9.78. The van der Waals surface area contributed by atoms with Crippen LogP contribution in [0.15, 0.2) is 0 Å². The van der Waals surface area contributed by atoms with Crippen LogP contribution in [0.3, 0.4) is 0 Å². The Bertz CT molecular complexity index is 98.1. The summed E-state index contributed by atoms with van der Waals surface area (Å²) in [4.78, 5) is 0. The second-order valence-electron chi connectivity index (χ2n) is 5.04. The van der Waals surface area contributed by atoms with Crippen molar-refractivity contribution in [3.63, 3.8) is 0 Å². The van der Waals surface area contributed by atoms with Crippen LogP contribution in [0.1, 0.15) is 54.9 Å². The Balaban J connectivity index is 0. The predicted molar refractivity (Wildman–Crippen MR) is 63.0 cm³/mol. The van der Waals surface area contributed by atoms with Gasteiger partial charge in [0.05, 0.1) is 0 Å². The molecule has 0 atom stereocenters. The fourth-order valence-corrected chi connectivity index (χ4v) is 1.68. The molecule has 0 unspecified atom stereocenters. The van der Waals surface area contributed by atoms with Crippen LogP contribution in [0.2, 0.25) is 0 Å². The summed E-state index contributed by atoms with van der Waals surface area (Å²) in [5.41, 5.74) is 0.898. The largest absolute Gasteiger partial charge is 0.0922 e. The van der Waals surface area contributed by atoms with E-state index in [1.807, 2.05) is 13.8 Å². The minimum Gasteiger partial charge on any atom is -0.0922 e. The standard InChI is InChI=1S/C9H19Br.C2H6/c1-8(2,3)6-9(4,5)7-10;1-2/h6-7H2,1-5H3;1-2H3. The molecule has 1 heteroatoms. The predicted octanol–water partition coefficient (Wildman–Crippen LogP) is 4.87. The van der Waals surface area contributed by atoms with Crippen molar-refractivity contribution in [2.75, 3.05) is 5.33 Å². The van der Waals surface area contributed by atoms with Crippen molar-refractivity contribution in [3.05, 3.63) is 0 Å². The zero-order valence-electron chi connectivity index (χ0n) is 9.79. The normalized spacial score (nSPS) is 12.0. The van der Waals surface area contributed by atoms with Crippen LogP contribution in [0, 0.1) is 10.8 Å². The van der Waals surface area contributed by atoms with Crippen molar-refractivity contribution in [2.24, 2.45) is 10.8 Å². The Morgan fingerprint density at radius 2 is 1.25 bits per heavy atom. The van der Waals surface area contributed by atoms with Crippen molar-refractivity contribution >= 4 is 15.9 Å². The molecule has 0 rings (SSSR count). The molecule has 12 heavy (non-hydrogen) atoms. The maximum absolute atomic E-state index is 3.52. The molecule has 0 aliphatic heterocycles. The Labute approximate surface area is 87.3 Å². The molecule has 76 valence electrons. The molecule has 0 amide bonds. The molecule has 0 spiro atoms. The third kappa shape index (κ3) is 10.5. The Kier molecular flexibility index (Phi) is 7.50. The van der Waals surface area contributed by atoms with Crippen LogP contribution in [0.5, 0.6) is 0 Å². The molecule has 0 nitrogen and oxygen atoms in total. The van der Waals surface area contributed by atoms with E-state index in [9.17, 15) is 0 Å². The molecule has 0 saturated carbocycles. The van der Waals surface area contributed by atoms with Gasteiger partial charge >= 0.3 is 0 Å². The van der Waals surface area contributed by atoms with Crippen molar-refractivity contribution in [3.8, 4) is 0 Å². The fraction of sp³-hybridized carbons (Fsp3) is 1.00. The average Bonchev–Trinajstić information content (AvgIpc) is 1.88. The summed E-state index contributed by atoms with van der Waals surface area (Å²) < 4.78 is 0. The second kappa shape index (κ2) is 6.01. The third-order valence-electron chi connectivity index (χ3n) is 1.37. The van der Waals surface area contributed by atoms with Crippen molar-refractivity contribution < 1.29 is 0 Å². The molecule has 0 heterocycles. The molecule has 0 bridgehead atoms. The van der Waals surface area contributed by atoms with Gasteiger partial charge in [-0.05, 0) is 17.3 Å². The van der Waals surface area contributed by atoms with E-state index < -0.39 is 0 Å². The van der Waals surface area contributed by atoms with Gasteiger partial charge in [-0.15, -0.1) is 0 Å². The van der Waals surface area contributed by atoms with E-state index in [0.717, 1.165) is 5.33 Å². The van der Waals surface area contributed by atoms with Gasteiger partial charge in [-0.3, -0.25) is 0 Å². The number of rotatable bonds is 2. The van der Waals surface area contributed by atoms with E-state index in [1.54, 1.807) is 0 Å². The Morgan fingerprint density at radius 3 is 1.33 bits per heavy atom. The SMILES string of the molecule is CC.CC(C)(C)CC(C)(C)CBr. The summed E-state index contributed by atoms with van der Waals surface area (Å²) in [5, 5.41) is 1.09. The summed E-state index contributed by atoms with van der Waals surface area (Å²) >= 11 is 3.52. The Morgan fingerprint density at radius 1 is 0.917 bits per heavy atom. The molecule has 0 radical (unpaired) electrons.